The van der Waals surface area contributed by atoms with Crippen molar-refractivity contribution in [2.45, 2.75) is 5.25 Å². The molecule has 0 aromatic heterocycles. The van der Waals surface area contributed by atoms with Gasteiger partial charge in [-0.25, -0.2) is 0 Å². The molecule has 0 saturated carbocycles. The highest BCUT2D eigenvalue weighted by atomic mass is 32.2. The average molecular weight is 161 g/mol. The van der Waals surface area contributed by atoms with E-state index in [1.807, 2.05) is 11.8 Å². The van der Waals surface area contributed by atoms with E-state index >= 15 is 0 Å². The lowest BCUT2D eigenvalue weighted by Gasteiger charge is -2.07. The van der Waals surface area contributed by atoms with Gasteiger partial charge in [-0.15, -0.1) is 11.8 Å². The molecule has 1 unspecified atom stereocenters. The topological polar surface area (TPSA) is 50.1 Å². The Balaban J connectivity index is 1.91. The van der Waals surface area contributed by atoms with Gasteiger partial charge >= 0.3 is 0 Å². The standard InChI is InChI=1S/C6H15N3S/c7-1-2-8-3-6-4-9-5-10-6/h6,8-9H,1-5,7H2. The lowest BCUT2D eigenvalue weighted by atomic mass is 10.4. The van der Waals surface area contributed by atoms with E-state index in [2.05, 4.69) is 10.6 Å². The second-order valence-electron chi connectivity index (χ2n) is 2.38. The number of nitrogens with one attached hydrogen (secondary N) is 2. The third-order valence-corrected chi connectivity index (χ3v) is 2.66. The van der Waals surface area contributed by atoms with Gasteiger partial charge in [0.1, 0.15) is 0 Å². The van der Waals surface area contributed by atoms with Crippen molar-refractivity contribution in [3.05, 3.63) is 0 Å². The smallest absolute Gasteiger partial charge is 0.0421 e. The highest BCUT2D eigenvalue weighted by molar-refractivity contribution is 8.00. The lowest BCUT2D eigenvalue weighted by molar-refractivity contribution is 0.654. The number of hydrogen-bond acceptors (Lipinski definition) is 4. The van der Waals surface area contributed by atoms with Crippen LogP contribution >= 0.6 is 11.8 Å². The van der Waals surface area contributed by atoms with Crippen molar-refractivity contribution in [1.29, 1.82) is 0 Å². The molecule has 1 heterocycles. The van der Waals surface area contributed by atoms with Crippen LogP contribution in [0.15, 0.2) is 0 Å². The van der Waals surface area contributed by atoms with Crippen LogP contribution in [-0.4, -0.2) is 37.3 Å². The second-order valence-corrected chi connectivity index (χ2v) is 3.67. The summed E-state index contributed by atoms with van der Waals surface area (Å²) >= 11 is 1.98. The van der Waals surface area contributed by atoms with E-state index in [-0.39, 0.29) is 0 Å². The third kappa shape index (κ3) is 2.88. The van der Waals surface area contributed by atoms with Crippen LogP contribution in [0.5, 0.6) is 0 Å². The molecule has 1 aliphatic heterocycles. The van der Waals surface area contributed by atoms with Gasteiger partial charge in [0.25, 0.3) is 0 Å². The summed E-state index contributed by atoms with van der Waals surface area (Å²) in [4.78, 5) is 0. The fourth-order valence-electron chi connectivity index (χ4n) is 0.952. The Hall–Kier alpha value is 0.230. The molecule has 0 aromatic rings. The van der Waals surface area contributed by atoms with Crippen molar-refractivity contribution in [1.82, 2.24) is 10.6 Å². The monoisotopic (exact) mass is 161 g/mol. The molecule has 0 amide bonds. The van der Waals surface area contributed by atoms with Crippen molar-refractivity contribution in [3.8, 4) is 0 Å². The van der Waals surface area contributed by atoms with Crippen molar-refractivity contribution < 1.29 is 0 Å². The molecule has 1 aliphatic rings. The van der Waals surface area contributed by atoms with Gasteiger partial charge in [0.2, 0.25) is 0 Å². The summed E-state index contributed by atoms with van der Waals surface area (Å²) in [6, 6.07) is 0. The summed E-state index contributed by atoms with van der Waals surface area (Å²) in [5, 5.41) is 7.34. The molecule has 0 bridgehead atoms. The summed E-state index contributed by atoms with van der Waals surface area (Å²) in [5.74, 6) is 1.11. The van der Waals surface area contributed by atoms with Crippen LogP contribution in [0.1, 0.15) is 0 Å². The summed E-state index contributed by atoms with van der Waals surface area (Å²) in [7, 11) is 0. The molecule has 4 N–H and O–H groups in total. The molecule has 0 spiro atoms. The molecular weight excluding hydrogens is 146 g/mol. The van der Waals surface area contributed by atoms with E-state index in [0.29, 0.717) is 0 Å². The van der Waals surface area contributed by atoms with Gasteiger partial charge in [-0.2, -0.15) is 0 Å². The summed E-state index contributed by atoms with van der Waals surface area (Å²) < 4.78 is 0. The predicted molar refractivity (Wildman–Crippen MR) is 46.2 cm³/mol. The Morgan fingerprint density at radius 2 is 2.60 bits per heavy atom. The quantitative estimate of drug-likeness (QED) is 0.472. The molecule has 10 heavy (non-hydrogen) atoms. The molecule has 0 radical (unpaired) electrons. The highest BCUT2D eigenvalue weighted by Gasteiger charge is 2.13. The maximum Gasteiger partial charge on any atom is 0.0421 e. The molecule has 1 rings (SSSR count). The van der Waals surface area contributed by atoms with Crippen LogP contribution < -0.4 is 16.4 Å². The van der Waals surface area contributed by atoms with Crippen molar-refractivity contribution >= 4 is 11.8 Å². The van der Waals surface area contributed by atoms with E-state index in [0.717, 1.165) is 37.3 Å². The van der Waals surface area contributed by atoms with Gasteiger partial charge in [0, 0.05) is 37.3 Å². The van der Waals surface area contributed by atoms with Gasteiger partial charge in [-0.3, -0.25) is 0 Å². The van der Waals surface area contributed by atoms with Gasteiger partial charge in [0.15, 0.2) is 0 Å². The number of nitrogens with two attached hydrogens (primary N) is 1. The summed E-state index contributed by atoms with van der Waals surface area (Å²) in [6.07, 6.45) is 0. The summed E-state index contributed by atoms with van der Waals surface area (Å²) in [5.41, 5.74) is 5.33. The predicted octanol–water partition coefficient (Wildman–Crippen LogP) is -0.803. The Morgan fingerprint density at radius 3 is 3.20 bits per heavy atom. The van der Waals surface area contributed by atoms with Crippen LogP contribution in [0.3, 0.4) is 0 Å². The summed E-state index contributed by atoms with van der Waals surface area (Å²) in [6.45, 7) is 3.92. The van der Waals surface area contributed by atoms with E-state index in [1.54, 1.807) is 0 Å². The molecule has 60 valence electrons. The number of hydrogen-bond donors (Lipinski definition) is 3. The molecule has 4 heteroatoms. The Morgan fingerprint density at radius 1 is 1.70 bits per heavy atom. The van der Waals surface area contributed by atoms with Crippen LogP contribution in [0.25, 0.3) is 0 Å². The highest BCUT2D eigenvalue weighted by Crippen LogP contribution is 2.12. The average Bonchev–Trinajstić information content (AvgIpc) is 2.41. The molecular formula is C6H15N3S. The molecule has 0 aromatic carbocycles. The van der Waals surface area contributed by atoms with E-state index < -0.39 is 0 Å². The first kappa shape index (κ1) is 8.33. The van der Waals surface area contributed by atoms with E-state index in [9.17, 15) is 0 Å². The van der Waals surface area contributed by atoms with Gasteiger partial charge in [-0.05, 0) is 0 Å². The number of rotatable bonds is 4. The SMILES string of the molecule is NCCNCC1CNCS1. The number of thioether (sulfide) groups is 1. The van der Waals surface area contributed by atoms with Gasteiger partial charge < -0.3 is 16.4 Å². The van der Waals surface area contributed by atoms with Gasteiger partial charge in [0.05, 0.1) is 0 Å². The fraction of sp³-hybridized carbons (Fsp3) is 1.00. The molecule has 1 saturated heterocycles. The zero-order valence-electron chi connectivity index (χ0n) is 6.10. The Labute approximate surface area is 66.1 Å². The zero-order chi connectivity index (χ0) is 7.23. The molecule has 0 aliphatic carbocycles. The third-order valence-electron chi connectivity index (χ3n) is 1.49. The van der Waals surface area contributed by atoms with Crippen molar-refractivity contribution in [2.24, 2.45) is 5.73 Å². The first-order valence-electron chi connectivity index (χ1n) is 3.66. The van der Waals surface area contributed by atoms with Crippen LogP contribution in [0.4, 0.5) is 0 Å². The molecule has 1 atom stereocenters. The molecule has 3 nitrogen and oxygen atoms in total. The first-order valence-corrected chi connectivity index (χ1v) is 4.71. The first-order chi connectivity index (χ1) is 4.93. The molecule has 1 fully saturated rings. The second kappa shape index (κ2) is 4.96. The van der Waals surface area contributed by atoms with Crippen LogP contribution in [0, 0.1) is 0 Å². The minimum absolute atomic E-state index is 0.741. The Kier molecular flexibility index (Phi) is 4.13. The minimum atomic E-state index is 0.741. The maximum atomic E-state index is 5.33. The van der Waals surface area contributed by atoms with E-state index in [4.69, 9.17) is 5.73 Å². The fourth-order valence-corrected chi connectivity index (χ4v) is 1.89. The zero-order valence-corrected chi connectivity index (χ0v) is 6.91. The van der Waals surface area contributed by atoms with Gasteiger partial charge in [-0.1, -0.05) is 0 Å². The van der Waals surface area contributed by atoms with Crippen LogP contribution in [0.2, 0.25) is 0 Å². The normalized spacial score (nSPS) is 25.5. The van der Waals surface area contributed by atoms with E-state index in [1.165, 1.54) is 0 Å². The minimum Gasteiger partial charge on any atom is -0.329 e. The lowest BCUT2D eigenvalue weighted by Crippen LogP contribution is -2.30. The van der Waals surface area contributed by atoms with Crippen LogP contribution in [-0.2, 0) is 0 Å². The van der Waals surface area contributed by atoms with Crippen molar-refractivity contribution in [3.63, 3.8) is 0 Å². The Bertz CT molecular complexity index is 83.1. The largest absolute Gasteiger partial charge is 0.329 e. The van der Waals surface area contributed by atoms with Crippen molar-refractivity contribution in [2.75, 3.05) is 32.1 Å². The maximum absolute atomic E-state index is 5.33.